The number of methoxy groups -OCH3 is 1. The molecule has 7 heteroatoms. The van der Waals surface area contributed by atoms with E-state index in [9.17, 15) is 0 Å². The number of H-pyrrole nitrogens is 1. The maximum Gasteiger partial charge on any atom is 0.190 e. The number of nitrogens with one attached hydrogen (secondary N) is 3. The molecule has 1 aromatic heterocycles. The number of fused-ring (bicyclic) bond motifs is 1. The SMILES string of the molecule is CN=C(NCCCOC)NCCc1nc2ccccc2[nH]1.I. The van der Waals surface area contributed by atoms with Crippen LogP contribution in [-0.2, 0) is 11.2 Å². The van der Waals surface area contributed by atoms with Gasteiger partial charge in [0.05, 0.1) is 11.0 Å². The Morgan fingerprint density at radius 1 is 1.27 bits per heavy atom. The summed E-state index contributed by atoms with van der Waals surface area (Å²) in [5, 5.41) is 6.52. The molecule has 0 bridgehead atoms. The van der Waals surface area contributed by atoms with Gasteiger partial charge >= 0.3 is 0 Å². The summed E-state index contributed by atoms with van der Waals surface area (Å²) in [5.41, 5.74) is 2.09. The lowest BCUT2D eigenvalue weighted by Gasteiger charge is -2.10. The number of rotatable bonds is 7. The van der Waals surface area contributed by atoms with Gasteiger partial charge in [0.1, 0.15) is 5.82 Å². The van der Waals surface area contributed by atoms with Crippen LogP contribution in [0.3, 0.4) is 0 Å². The molecule has 0 saturated carbocycles. The summed E-state index contributed by atoms with van der Waals surface area (Å²) in [5.74, 6) is 1.79. The molecule has 3 N–H and O–H groups in total. The van der Waals surface area contributed by atoms with Crippen molar-refractivity contribution in [3.05, 3.63) is 30.1 Å². The molecule has 1 aromatic carbocycles. The van der Waals surface area contributed by atoms with E-state index in [0.29, 0.717) is 0 Å². The van der Waals surface area contributed by atoms with Crippen molar-refractivity contribution in [2.45, 2.75) is 12.8 Å². The average molecular weight is 417 g/mol. The minimum Gasteiger partial charge on any atom is -0.385 e. The van der Waals surface area contributed by atoms with Crippen molar-refractivity contribution in [1.29, 1.82) is 0 Å². The number of para-hydroxylation sites is 2. The van der Waals surface area contributed by atoms with E-state index in [1.54, 1.807) is 14.2 Å². The van der Waals surface area contributed by atoms with Crippen LogP contribution in [0.4, 0.5) is 0 Å². The number of benzene rings is 1. The highest BCUT2D eigenvalue weighted by Crippen LogP contribution is 2.10. The van der Waals surface area contributed by atoms with Crippen molar-refractivity contribution >= 4 is 41.0 Å². The number of aliphatic imine (C=N–C) groups is 1. The Kier molecular flexibility index (Phi) is 8.83. The Balaban J connectivity index is 0.00000242. The molecule has 2 rings (SSSR count). The Morgan fingerprint density at radius 3 is 2.77 bits per heavy atom. The fourth-order valence-electron chi connectivity index (χ4n) is 2.07. The van der Waals surface area contributed by atoms with Crippen LogP contribution in [0.25, 0.3) is 11.0 Å². The maximum atomic E-state index is 5.01. The first kappa shape index (κ1) is 18.7. The van der Waals surface area contributed by atoms with Crippen LogP contribution in [0.15, 0.2) is 29.3 Å². The van der Waals surface area contributed by atoms with Crippen LogP contribution in [-0.4, -0.2) is 49.8 Å². The predicted molar refractivity (Wildman–Crippen MR) is 101 cm³/mol. The molecule has 6 nitrogen and oxygen atoms in total. The molecule has 0 spiro atoms. The van der Waals surface area contributed by atoms with E-state index in [4.69, 9.17) is 4.74 Å². The number of guanidine groups is 1. The third-order valence-corrected chi connectivity index (χ3v) is 3.13. The van der Waals surface area contributed by atoms with Gasteiger partial charge in [0, 0.05) is 40.3 Å². The monoisotopic (exact) mass is 417 g/mol. The van der Waals surface area contributed by atoms with Crippen molar-refractivity contribution in [3.8, 4) is 0 Å². The van der Waals surface area contributed by atoms with Crippen LogP contribution in [0.2, 0.25) is 0 Å². The van der Waals surface area contributed by atoms with E-state index in [1.807, 2.05) is 24.3 Å². The molecule has 0 radical (unpaired) electrons. The summed E-state index contributed by atoms with van der Waals surface area (Å²) in [7, 11) is 3.48. The van der Waals surface area contributed by atoms with Crippen molar-refractivity contribution in [3.63, 3.8) is 0 Å². The number of imidazole rings is 1. The van der Waals surface area contributed by atoms with Crippen molar-refractivity contribution in [2.24, 2.45) is 4.99 Å². The van der Waals surface area contributed by atoms with E-state index in [-0.39, 0.29) is 24.0 Å². The number of halogens is 1. The van der Waals surface area contributed by atoms with E-state index in [1.165, 1.54) is 0 Å². The van der Waals surface area contributed by atoms with E-state index in [0.717, 1.165) is 55.4 Å². The zero-order valence-electron chi connectivity index (χ0n) is 13.1. The van der Waals surface area contributed by atoms with Crippen LogP contribution in [0, 0.1) is 0 Å². The quantitative estimate of drug-likeness (QED) is 0.279. The Morgan fingerprint density at radius 2 is 2.05 bits per heavy atom. The molecule has 0 aliphatic carbocycles. The van der Waals surface area contributed by atoms with E-state index < -0.39 is 0 Å². The zero-order chi connectivity index (χ0) is 14.9. The molecule has 1 heterocycles. The molecule has 0 fully saturated rings. The normalized spacial score (nSPS) is 11.3. The predicted octanol–water partition coefficient (Wildman–Crippen LogP) is 1.92. The number of nitrogens with zero attached hydrogens (tertiary/aromatic N) is 2. The van der Waals surface area contributed by atoms with Crippen LogP contribution >= 0.6 is 24.0 Å². The average Bonchev–Trinajstić information content (AvgIpc) is 2.92. The Labute approximate surface area is 148 Å². The topological polar surface area (TPSA) is 74.3 Å². The van der Waals surface area contributed by atoms with Crippen LogP contribution in [0.5, 0.6) is 0 Å². The third-order valence-electron chi connectivity index (χ3n) is 3.13. The second kappa shape index (κ2) is 10.4. The summed E-state index contributed by atoms with van der Waals surface area (Å²) in [6.45, 7) is 2.38. The summed E-state index contributed by atoms with van der Waals surface area (Å²) in [6.07, 6.45) is 1.79. The fourth-order valence-corrected chi connectivity index (χ4v) is 2.07. The highest BCUT2D eigenvalue weighted by Gasteiger charge is 2.02. The molecular formula is C15H24IN5O. The largest absolute Gasteiger partial charge is 0.385 e. The van der Waals surface area contributed by atoms with E-state index in [2.05, 4.69) is 25.6 Å². The molecule has 0 amide bonds. The van der Waals surface area contributed by atoms with Crippen molar-refractivity contribution in [2.75, 3.05) is 33.9 Å². The standard InChI is InChI=1S/C15H23N5O.HI/c1-16-15(17-9-5-11-21-2)18-10-8-14-19-12-6-3-4-7-13(12)20-14;/h3-4,6-7H,5,8-11H2,1-2H3,(H,19,20)(H2,16,17,18);1H. The lowest BCUT2D eigenvalue weighted by atomic mass is 10.3. The lowest BCUT2D eigenvalue weighted by Crippen LogP contribution is -2.39. The smallest absolute Gasteiger partial charge is 0.190 e. The number of aromatic amines is 1. The number of hydrogen-bond donors (Lipinski definition) is 3. The molecule has 0 atom stereocenters. The molecule has 0 aliphatic heterocycles. The van der Waals surface area contributed by atoms with Gasteiger partial charge in [-0.2, -0.15) is 0 Å². The molecule has 2 aromatic rings. The van der Waals surface area contributed by atoms with Gasteiger partial charge in [0.15, 0.2) is 5.96 Å². The summed E-state index contributed by atoms with van der Waals surface area (Å²) in [4.78, 5) is 12.1. The van der Waals surface area contributed by atoms with Gasteiger partial charge in [-0.05, 0) is 18.6 Å². The van der Waals surface area contributed by atoms with Crippen molar-refractivity contribution in [1.82, 2.24) is 20.6 Å². The second-order valence-electron chi connectivity index (χ2n) is 4.72. The fraction of sp³-hybridized carbons (Fsp3) is 0.467. The highest BCUT2D eigenvalue weighted by atomic mass is 127. The minimum absolute atomic E-state index is 0. The van der Waals surface area contributed by atoms with Gasteiger partial charge < -0.3 is 20.4 Å². The third kappa shape index (κ3) is 5.80. The zero-order valence-corrected chi connectivity index (χ0v) is 15.4. The van der Waals surface area contributed by atoms with Gasteiger partial charge in [-0.1, -0.05) is 12.1 Å². The number of hydrogen-bond acceptors (Lipinski definition) is 3. The Hall–Kier alpha value is -1.35. The van der Waals surface area contributed by atoms with Gasteiger partial charge in [-0.15, -0.1) is 24.0 Å². The van der Waals surface area contributed by atoms with Gasteiger partial charge in [-0.25, -0.2) is 4.98 Å². The maximum absolute atomic E-state index is 5.01. The highest BCUT2D eigenvalue weighted by molar-refractivity contribution is 14.0. The molecular weight excluding hydrogens is 393 g/mol. The lowest BCUT2D eigenvalue weighted by molar-refractivity contribution is 0.195. The van der Waals surface area contributed by atoms with Crippen LogP contribution < -0.4 is 10.6 Å². The van der Waals surface area contributed by atoms with Gasteiger partial charge in [-0.3, -0.25) is 4.99 Å². The number of ether oxygens (including phenoxy) is 1. The van der Waals surface area contributed by atoms with Crippen LogP contribution in [0.1, 0.15) is 12.2 Å². The van der Waals surface area contributed by atoms with Crippen molar-refractivity contribution < 1.29 is 4.74 Å². The molecule has 22 heavy (non-hydrogen) atoms. The van der Waals surface area contributed by atoms with E-state index >= 15 is 0 Å². The Bertz CT molecular complexity index is 551. The molecule has 0 aliphatic rings. The minimum atomic E-state index is 0. The second-order valence-corrected chi connectivity index (χ2v) is 4.72. The van der Waals surface area contributed by atoms with Gasteiger partial charge in [0.2, 0.25) is 0 Å². The summed E-state index contributed by atoms with van der Waals surface area (Å²) < 4.78 is 5.01. The first-order chi connectivity index (χ1) is 10.3. The summed E-state index contributed by atoms with van der Waals surface area (Å²) >= 11 is 0. The molecule has 0 saturated heterocycles. The number of aromatic nitrogens is 2. The summed E-state index contributed by atoms with van der Waals surface area (Å²) in [6, 6.07) is 8.06. The first-order valence-electron chi connectivity index (χ1n) is 7.20. The first-order valence-corrected chi connectivity index (χ1v) is 7.20. The molecule has 122 valence electrons. The van der Waals surface area contributed by atoms with Gasteiger partial charge in [0.25, 0.3) is 0 Å². The molecule has 0 unspecified atom stereocenters.